The van der Waals surface area contributed by atoms with Crippen LogP contribution in [0.1, 0.15) is 43.9 Å². The second-order valence-corrected chi connectivity index (χ2v) is 12.9. The summed E-state index contributed by atoms with van der Waals surface area (Å²) in [7, 11) is 0. The number of carbonyl (C=O) groups excluding carboxylic acids is 2. The molecule has 1 saturated heterocycles. The van der Waals surface area contributed by atoms with Gasteiger partial charge >= 0.3 is 5.97 Å². The summed E-state index contributed by atoms with van der Waals surface area (Å²) in [6, 6.07) is 8.34. The van der Waals surface area contributed by atoms with Gasteiger partial charge in [-0.05, 0) is 28.0 Å². The van der Waals surface area contributed by atoms with Gasteiger partial charge in [0, 0.05) is 23.4 Å². The van der Waals surface area contributed by atoms with Gasteiger partial charge < -0.3 is 21.0 Å². The highest BCUT2D eigenvalue weighted by Gasteiger charge is 2.54. The molecule has 2 amide bonds. The zero-order chi connectivity index (χ0) is 31.1. The van der Waals surface area contributed by atoms with Crippen molar-refractivity contribution in [3.63, 3.8) is 0 Å². The maximum Gasteiger partial charge on any atom is 0.352 e. The van der Waals surface area contributed by atoms with Crippen LogP contribution in [0.25, 0.3) is 0 Å². The summed E-state index contributed by atoms with van der Waals surface area (Å²) >= 11 is 3.84. The second kappa shape index (κ2) is 14.7. The van der Waals surface area contributed by atoms with E-state index in [0.29, 0.717) is 28.8 Å². The molecule has 2 aromatic heterocycles. The lowest BCUT2D eigenvalue weighted by molar-refractivity contribution is -0.150. The van der Waals surface area contributed by atoms with E-state index in [2.05, 4.69) is 37.9 Å². The molecule has 1 fully saturated rings. The third-order valence-electron chi connectivity index (χ3n) is 6.84. The Labute approximate surface area is 265 Å². The molecule has 14 nitrogen and oxygen atoms in total. The SMILES string of the molecule is CCCCCCn1nnnc1SCC1=C(C(=O)O)N2C(=O)C(NC(=O)C(=NOCc3ccccc3)c3csc(N)n3)[C@H]2SC1. The lowest BCUT2D eigenvalue weighted by Crippen LogP contribution is -2.71. The van der Waals surface area contributed by atoms with Crippen LogP contribution in [0.2, 0.25) is 0 Å². The number of carboxylic acid groups (broad SMARTS) is 1. The van der Waals surface area contributed by atoms with Gasteiger partial charge in [0.15, 0.2) is 10.8 Å². The number of hydrogen-bond donors (Lipinski definition) is 3. The Kier molecular flexibility index (Phi) is 10.5. The minimum absolute atomic E-state index is 0.0777. The Morgan fingerprint density at radius 3 is 2.80 bits per heavy atom. The van der Waals surface area contributed by atoms with Crippen LogP contribution in [0.3, 0.4) is 0 Å². The molecule has 2 aliphatic rings. The molecule has 2 atom stereocenters. The number of tetrazole rings is 1. The van der Waals surface area contributed by atoms with Crippen molar-refractivity contribution in [2.75, 3.05) is 17.2 Å². The van der Waals surface area contributed by atoms with Crippen LogP contribution in [-0.4, -0.2) is 81.6 Å². The molecule has 0 aliphatic carbocycles. The number of thioether (sulfide) groups is 2. The smallest absolute Gasteiger partial charge is 0.352 e. The van der Waals surface area contributed by atoms with Crippen molar-refractivity contribution < 1.29 is 24.3 Å². The van der Waals surface area contributed by atoms with Gasteiger partial charge in [0.05, 0.1) is 0 Å². The predicted molar refractivity (Wildman–Crippen MR) is 167 cm³/mol. The number of anilines is 1. The zero-order valence-corrected chi connectivity index (χ0v) is 26.2. The molecular weight excluding hydrogens is 627 g/mol. The maximum absolute atomic E-state index is 13.3. The third-order valence-corrected chi connectivity index (χ3v) is 9.90. The highest BCUT2D eigenvalue weighted by atomic mass is 32.2. The summed E-state index contributed by atoms with van der Waals surface area (Å²) < 4.78 is 1.72. The van der Waals surface area contributed by atoms with E-state index in [1.165, 1.54) is 28.4 Å². The fourth-order valence-electron chi connectivity index (χ4n) is 4.63. The topological polar surface area (TPSA) is 191 Å². The van der Waals surface area contributed by atoms with Crippen molar-refractivity contribution in [1.82, 2.24) is 35.4 Å². The summed E-state index contributed by atoms with van der Waals surface area (Å²) in [4.78, 5) is 49.8. The first-order valence-corrected chi connectivity index (χ1v) is 16.8. The number of benzene rings is 1. The van der Waals surface area contributed by atoms with Crippen LogP contribution in [0.15, 0.2) is 57.3 Å². The number of β-lactam (4-membered cyclic amide) rings is 1. The van der Waals surface area contributed by atoms with Crippen LogP contribution in [-0.2, 0) is 32.4 Å². The average molecular weight is 658 g/mol. The Balaban J connectivity index is 1.25. The fourth-order valence-corrected chi connectivity index (χ4v) is 7.57. The van der Waals surface area contributed by atoms with E-state index in [9.17, 15) is 19.5 Å². The van der Waals surface area contributed by atoms with E-state index in [4.69, 9.17) is 10.6 Å². The standard InChI is InChI=1S/C27H31N9O5S3/c1-2-3-4-8-11-35-27(31-33-34-35)44-14-17-13-42-24-20(23(38)36(24)21(17)25(39)40)30-22(37)19(18-15-43-26(28)29-18)32-41-12-16-9-6-5-7-10-16/h5-7,9-10,15,20,24H,2-4,8,11-14H2,1H3,(H2,28,29)(H,30,37)(H,39,40)/t20?,24-/m1/s1. The predicted octanol–water partition coefficient (Wildman–Crippen LogP) is 2.74. The van der Waals surface area contributed by atoms with Gasteiger partial charge in [0.1, 0.15) is 29.4 Å². The minimum atomic E-state index is -1.21. The lowest BCUT2D eigenvalue weighted by Gasteiger charge is -2.49. The Morgan fingerprint density at radius 1 is 1.25 bits per heavy atom. The highest BCUT2D eigenvalue weighted by Crippen LogP contribution is 2.41. The largest absolute Gasteiger partial charge is 0.477 e. The first-order chi connectivity index (χ1) is 21.4. The molecule has 4 N–H and O–H groups in total. The van der Waals surface area contributed by atoms with Crippen molar-refractivity contribution in [3.05, 3.63) is 58.2 Å². The van der Waals surface area contributed by atoms with Crippen LogP contribution < -0.4 is 11.1 Å². The van der Waals surface area contributed by atoms with Crippen molar-refractivity contribution in [1.29, 1.82) is 0 Å². The van der Waals surface area contributed by atoms with Crippen molar-refractivity contribution >= 4 is 63.5 Å². The summed E-state index contributed by atoms with van der Waals surface area (Å²) in [6.45, 7) is 2.94. The monoisotopic (exact) mass is 657 g/mol. The van der Waals surface area contributed by atoms with Gasteiger partial charge in [-0.2, -0.15) is 0 Å². The van der Waals surface area contributed by atoms with Gasteiger partial charge in [-0.15, -0.1) is 28.2 Å². The normalized spacial score (nSPS) is 18.2. The molecule has 2 aliphatic heterocycles. The van der Waals surface area contributed by atoms with E-state index in [1.54, 1.807) is 10.1 Å². The summed E-state index contributed by atoms with van der Waals surface area (Å²) in [5.41, 5.74) is 7.20. The Morgan fingerprint density at radius 2 is 2.07 bits per heavy atom. The molecule has 4 heterocycles. The molecule has 44 heavy (non-hydrogen) atoms. The van der Waals surface area contributed by atoms with Crippen LogP contribution in [0.5, 0.6) is 0 Å². The lowest BCUT2D eigenvalue weighted by atomic mass is 10.0. The number of amides is 2. The van der Waals surface area contributed by atoms with Crippen molar-refractivity contribution in [2.45, 2.75) is 62.3 Å². The number of rotatable bonds is 15. The first-order valence-electron chi connectivity index (χ1n) is 13.9. The van der Waals surface area contributed by atoms with Gasteiger partial charge in [0.2, 0.25) is 5.16 Å². The molecule has 0 spiro atoms. The molecule has 1 unspecified atom stereocenters. The van der Waals surface area contributed by atoms with Crippen LogP contribution in [0.4, 0.5) is 5.13 Å². The number of thiazole rings is 1. The minimum Gasteiger partial charge on any atom is -0.477 e. The molecular formula is C27H31N9O5S3. The molecule has 17 heteroatoms. The molecule has 0 radical (unpaired) electrons. The molecule has 0 bridgehead atoms. The molecule has 0 saturated carbocycles. The van der Waals surface area contributed by atoms with Gasteiger partial charge in [-0.25, -0.2) is 14.5 Å². The number of carbonyl (C=O) groups is 3. The van der Waals surface area contributed by atoms with E-state index in [0.717, 1.165) is 42.6 Å². The third kappa shape index (κ3) is 7.22. The number of oxime groups is 1. The van der Waals surface area contributed by atoms with Crippen LogP contribution in [0, 0.1) is 0 Å². The van der Waals surface area contributed by atoms with E-state index >= 15 is 0 Å². The molecule has 1 aromatic carbocycles. The average Bonchev–Trinajstić information content (AvgIpc) is 3.67. The fraction of sp³-hybridized carbons (Fsp3) is 0.407. The highest BCUT2D eigenvalue weighted by molar-refractivity contribution is 8.01. The number of nitrogens with two attached hydrogens (primary N) is 1. The van der Waals surface area contributed by atoms with Gasteiger partial charge in [0.25, 0.3) is 11.8 Å². The Bertz CT molecular complexity index is 1560. The molecule has 3 aromatic rings. The number of aliphatic carboxylic acids is 1. The quantitative estimate of drug-likeness (QED) is 0.0713. The zero-order valence-electron chi connectivity index (χ0n) is 23.8. The van der Waals surface area contributed by atoms with E-state index < -0.39 is 29.2 Å². The number of carboxylic acids is 1. The Hall–Kier alpha value is -3.96. The number of hydrogen-bond acceptors (Lipinski definition) is 13. The van der Waals surface area contributed by atoms with Crippen molar-refractivity contribution in [3.8, 4) is 0 Å². The number of nitrogens with zero attached hydrogens (tertiary/aromatic N) is 7. The number of nitrogen functional groups attached to an aromatic ring is 1. The van der Waals surface area contributed by atoms with Gasteiger partial charge in [-0.1, -0.05) is 73.4 Å². The molecule has 232 valence electrons. The number of aromatic nitrogens is 5. The first kappa shape index (κ1) is 31.5. The number of unbranched alkanes of at least 4 members (excludes halogenated alkanes) is 3. The van der Waals surface area contributed by atoms with Gasteiger partial charge in [-0.3, -0.25) is 14.5 Å². The van der Waals surface area contributed by atoms with Crippen LogP contribution >= 0.6 is 34.9 Å². The summed E-state index contributed by atoms with van der Waals surface area (Å²) in [5.74, 6) is -1.76. The van der Waals surface area contributed by atoms with E-state index in [-0.39, 0.29) is 28.8 Å². The molecule has 5 rings (SSSR count). The van der Waals surface area contributed by atoms with E-state index in [1.807, 2.05) is 30.3 Å². The summed E-state index contributed by atoms with van der Waals surface area (Å²) in [5, 5.41) is 30.5. The number of aryl methyl sites for hydroxylation is 1. The number of nitrogens with one attached hydrogen (secondary N) is 1. The number of fused-ring (bicyclic) bond motifs is 1. The van der Waals surface area contributed by atoms with Crippen molar-refractivity contribution in [2.24, 2.45) is 5.16 Å². The summed E-state index contributed by atoms with van der Waals surface area (Å²) in [6.07, 6.45) is 4.29. The maximum atomic E-state index is 13.3. The second-order valence-electron chi connectivity index (χ2n) is 9.92.